The number of amides is 1. The van der Waals surface area contributed by atoms with E-state index in [9.17, 15) is 9.59 Å². The van der Waals surface area contributed by atoms with Crippen molar-refractivity contribution >= 4 is 18.0 Å². The summed E-state index contributed by atoms with van der Waals surface area (Å²) in [6.45, 7) is 4.04. The van der Waals surface area contributed by atoms with Crippen molar-refractivity contribution < 1.29 is 19.1 Å². The van der Waals surface area contributed by atoms with Gasteiger partial charge in [-0.25, -0.2) is 4.79 Å². The fourth-order valence-corrected chi connectivity index (χ4v) is 2.72. The van der Waals surface area contributed by atoms with Gasteiger partial charge in [-0.2, -0.15) is 0 Å². The van der Waals surface area contributed by atoms with Gasteiger partial charge >= 0.3 is 5.97 Å². The normalized spacial score (nSPS) is 16.1. The van der Waals surface area contributed by atoms with E-state index in [1.165, 1.54) is 6.08 Å². The second kappa shape index (κ2) is 9.11. The number of carbonyl (C=O) groups is 2. The minimum Gasteiger partial charge on any atom is -0.493 e. The summed E-state index contributed by atoms with van der Waals surface area (Å²) < 4.78 is 10.7. The average Bonchev–Trinajstić information content (AvgIpc) is 3.07. The van der Waals surface area contributed by atoms with Gasteiger partial charge in [0.05, 0.1) is 6.61 Å². The Labute approximate surface area is 143 Å². The monoisotopic (exact) mass is 331 g/mol. The van der Waals surface area contributed by atoms with Crippen LogP contribution >= 0.6 is 0 Å². The van der Waals surface area contributed by atoms with Gasteiger partial charge in [0.2, 0.25) is 0 Å². The van der Waals surface area contributed by atoms with E-state index in [1.807, 2.05) is 31.2 Å². The molecule has 0 bridgehead atoms. The molecule has 1 saturated carbocycles. The maximum absolute atomic E-state index is 12.0. The van der Waals surface area contributed by atoms with Crippen molar-refractivity contribution in [3.05, 3.63) is 35.9 Å². The highest BCUT2D eigenvalue weighted by Gasteiger charge is 2.22. The van der Waals surface area contributed by atoms with Crippen LogP contribution in [0.3, 0.4) is 0 Å². The number of carbonyl (C=O) groups excluding carboxylic acids is 2. The van der Waals surface area contributed by atoms with Gasteiger partial charge in [0.15, 0.2) is 6.10 Å². The van der Waals surface area contributed by atoms with Gasteiger partial charge in [0.25, 0.3) is 5.91 Å². The van der Waals surface area contributed by atoms with Crippen LogP contribution in [0, 0.1) is 0 Å². The van der Waals surface area contributed by atoms with Gasteiger partial charge in [-0.3, -0.25) is 4.79 Å². The third-order valence-electron chi connectivity index (χ3n) is 3.98. The fourth-order valence-electron chi connectivity index (χ4n) is 2.72. The third kappa shape index (κ3) is 5.41. The Hall–Kier alpha value is -2.30. The zero-order chi connectivity index (χ0) is 17.4. The lowest BCUT2D eigenvalue weighted by atomic mass is 10.2. The van der Waals surface area contributed by atoms with Crippen molar-refractivity contribution in [2.24, 2.45) is 0 Å². The van der Waals surface area contributed by atoms with Gasteiger partial charge < -0.3 is 14.8 Å². The smallest absolute Gasteiger partial charge is 0.331 e. The van der Waals surface area contributed by atoms with Crippen LogP contribution in [-0.4, -0.2) is 30.6 Å². The number of ether oxygens (including phenoxy) is 2. The quantitative estimate of drug-likeness (QED) is 0.616. The van der Waals surface area contributed by atoms with E-state index in [0.29, 0.717) is 12.4 Å². The molecule has 24 heavy (non-hydrogen) atoms. The summed E-state index contributed by atoms with van der Waals surface area (Å²) in [4.78, 5) is 23.9. The number of hydrogen-bond acceptors (Lipinski definition) is 4. The molecule has 0 saturated heterocycles. The van der Waals surface area contributed by atoms with Crippen molar-refractivity contribution in [2.75, 3.05) is 6.61 Å². The molecule has 5 nitrogen and oxygen atoms in total. The number of para-hydroxylation sites is 1. The Morgan fingerprint density at radius 1 is 1.29 bits per heavy atom. The lowest BCUT2D eigenvalue weighted by Crippen LogP contribution is -2.40. The van der Waals surface area contributed by atoms with Crippen LogP contribution < -0.4 is 10.1 Å². The highest BCUT2D eigenvalue weighted by atomic mass is 16.5. The third-order valence-corrected chi connectivity index (χ3v) is 3.98. The predicted molar refractivity (Wildman–Crippen MR) is 92.6 cm³/mol. The summed E-state index contributed by atoms with van der Waals surface area (Å²) in [5.74, 6) is -0.0789. The van der Waals surface area contributed by atoms with Crippen LogP contribution in [0.15, 0.2) is 30.3 Å². The Morgan fingerprint density at radius 2 is 2.00 bits per heavy atom. The van der Waals surface area contributed by atoms with E-state index in [4.69, 9.17) is 9.47 Å². The molecule has 1 atom stereocenters. The molecule has 2 rings (SSSR count). The van der Waals surface area contributed by atoms with Crippen LogP contribution in [0.1, 0.15) is 45.1 Å². The number of esters is 1. The first kappa shape index (κ1) is 18.0. The van der Waals surface area contributed by atoms with Crippen molar-refractivity contribution in [1.29, 1.82) is 0 Å². The summed E-state index contributed by atoms with van der Waals surface area (Å²) >= 11 is 0. The molecule has 0 aliphatic heterocycles. The van der Waals surface area contributed by atoms with Gasteiger partial charge in [0, 0.05) is 17.7 Å². The van der Waals surface area contributed by atoms with Crippen LogP contribution in [0.2, 0.25) is 0 Å². The first-order chi connectivity index (χ1) is 11.6. The summed E-state index contributed by atoms with van der Waals surface area (Å²) in [5, 5.41) is 2.92. The molecule has 1 aliphatic rings. The Bertz CT molecular complexity index is 591. The topological polar surface area (TPSA) is 64.6 Å². The van der Waals surface area contributed by atoms with Crippen LogP contribution in [0.25, 0.3) is 6.08 Å². The van der Waals surface area contributed by atoms with Gasteiger partial charge in [-0.1, -0.05) is 31.0 Å². The molecule has 1 N–H and O–H groups in total. The van der Waals surface area contributed by atoms with E-state index in [-0.39, 0.29) is 11.9 Å². The Morgan fingerprint density at radius 3 is 2.71 bits per heavy atom. The lowest BCUT2D eigenvalue weighted by Gasteiger charge is -2.16. The molecular formula is C19H25NO4. The summed E-state index contributed by atoms with van der Waals surface area (Å²) in [7, 11) is 0. The molecule has 1 aliphatic carbocycles. The van der Waals surface area contributed by atoms with Gasteiger partial charge in [-0.05, 0) is 38.8 Å². The Balaban J connectivity index is 1.86. The van der Waals surface area contributed by atoms with Crippen molar-refractivity contribution in [3.63, 3.8) is 0 Å². The van der Waals surface area contributed by atoms with Gasteiger partial charge in [0.1, 0.15) is 5.75 Å². The van der Waals surface area contributed by atoms with E-state index in [0.717, 1.165) is 31.2 Å². The number of benzene rings is 1. The van der Waals surface area contributed by atoms with Crippen molar-refractivity contribution in [2.45, 2.75) is 51.7 Å². The molecule has 0 radical (unpaired) electrons. The highest BCUT2D eigenvalue weighted by molar-refractivity contribution is 5.90. The zero-order valence-corrected chi connectivity index (χ0v) is 14.3. The molecular weight excluding hydrogens is 306 g/mol. The second-order valence-electron chi connectivity index (χ2n) is 5.87. The summed E-state index contributed by atoms with van der Waals surface area (Å²) in [6.07, 6.45) is 6.43. The summed E-state index contributed by atoms with van der Waals surface area (Å²) in [5.41, 5.74) is 0.791. The molecule has 130 valence electrons. The molecule has 1 amide bonds. The average molecular weight is 331 g/mol. The first-order valence-corrected chi connectivity index (χ1v) is 8.51. The van der Waals surface area contributed by atoms with Crippen LogP contribution in [0.4, 0.5) is 0 Å². The van der Waals surface area contributed by atoms with Crippen molar-refractivity contribution in [1.82, 2.24) is 5.32 Å². The predicted octanol–water partition coefficient (Wildman–Crippen LogP) is 3.09. The molecule has 1 fully saturated rings. The molecule has 1 aromatic rings. The fraction of sp³-hybridized carbons (Fsp3) is 0.474. The number of hydrogen-bond donors (Lipinski definition) is 1. The minimum atomic E-state index is -0.801. The molecule has 0 heterocycles. The molecule has 0 aromatic heterocycles. The molecule has 1 aromatic carbocycles. The van der Waals surface area contributed by atoms with E-state index >= 15 is 0 Å². The largest absolute Gasteiger partial charge is 0.493 e. The van der Waals surface area contributed by atoms with Crippen LogP contribution in [-0.2, 0) is 14.3 Å². The molecule has 0 spiro atoms. The SMILES string of the molecule is CCOc1ccccc1/C=C/C(=O)OC(C)C(=O)NC1CCCC1. The van der Waals surface area contributed by atoms with Crippen molar-refractivity contribution in [3.8, 4) is 5.75 Å². The Kier molecular flexibility index (Phi) is 6.85. The van der Waals surface area contributed by atoms with E-state index in [2.05, 4.69) is 5.32 Å². The van der Waals surface area contributed by atoms with Crippen LogP contribution in [0.5, 0.6) is 5.75 Å². The molecule has 5 heteroatoms. The maximum Gasteiger partial charge on any atom is 0.331 e. The maximum atomic E-state index is 12.0. The zero-order valence-electron chi connectivity index (χ0n) is 14.3. The number of nitrogens with one attached hydrogen (secondary N) is 1. The van der Waals surface area contributed by atoms with Gasteiger partial charge in [-0.15, -0.1) is 0 Å². The second-order valence-corrected chi connectivity index (χ2v) is 5.87. The van der Waals surface area contributed by atoms with E-state index < -0.39 is 12.1 Å². The first-order valence-electron chi connectivity index (χ1n) is 8.51. The standard InChI is InChI=1S/C19H25NO4/c1-3-23-17-11-7-4-8-15(17)12-13-18(21)24-14(2)19(22)20-16-9-5-6-10-16/h4,7-8,11-14,16H,3,5-6,9-10H2,1-2H3,(H,20,22)/b13-12+. The number of rotatable bonds is 7. The van der Waals surface area contributed by atoms with E-state index in [1.54, 1.807) is 13.0 Å². The molecule has 1 unspecified atom stereocenters. The lowest BCUT2D eigenvalue weighted by molar-refractivity contribution is -0.150. The highest BCUT2D eigenvalue weighted by Crippen LogP contribution is 2.20. The minimum absolute atomic E-state index is 0.215. The summed E-state index contributed by atoms with van der Waals surface area (Å²) in [6, 6.07) is 7.64.